The van der Waals surface area contributed by atoms with Gasteiger partial charge in [0.2, 0.25) is 12.1 Å². The Morgan fingerprint density at radius 1 is 0.889 bits per heavy atom. The highest BCUT2D eigenvalue weighted by Crippen LogP contribution is 2.34. The number of nitrogens with zero attached hydrogens (tertiary/aromatic N) is 6. The lowest BCUT2D eigenvalue weighted by Gasteiger charge is -2.20. The summed E-state index contributed by atoms with van der Waals surface area (Å²) < 4.78 is 4.94. The highest BCUT2D eigenvalue weighted by Gasteiger charge is 2.26. The molecule has 2 heterocycles. The number of hydrogen-bond acceptors (Lipinski definition) is 10. The van der Waals surface area contributed by atoms with E-state index in [-0.39, 0.29) is 15.8 Å². The van der Waals surface area contributed by atoms with Crippen LogP contribution < -0.4 is 9.80 Å². The summed E-state index contributed by atoms with van der Waals surface area (Å²) in [7, 11) is 0. The van der Waals surface area contributed by atoms with Crippen molar-refractivity contribution in [3.8, 4) is 12.1 Å². The van der Waals surface area contributed by atoms with E-state index in [1.54, 1.807) is 26.0 Å². The van der Waals surface area contributed by atoms with Crippen molar-refractivity contribution in [2.75, 3.05) is 48.5 Å². The summed E-state index contributed by atoms with van der Waals surface area (Å²) >= 11 is 5.74. The number of rotatable bonds is 13. The summed E-state index contributed by atoms with van der Waals surface area (Å²) in [5.41, 5.74) is 6.96. The first kappa shape index (κ1) is 35.1. The van der Waals surface area contributed by atoms with Gasteiger partial charge in [0, 0.05) is 75.5 Å². The van der Waals surface area contributed by atoms with Crippen molar-refractivity contribution in [2.24, 2.45) is 0 Å². The van der Waals surface area contributed by atoms with Gasteiger partial charge in [-0.15, -0.1) is 11.6 Å². The average molecular weight is 639 g/mol. The zero-order valence-electron chi connectivity index (χ0n) is 26.0. The van der Waals surface area contributed by atoms with Crippen molar-refractivity contribution in [2.45, 2.75) is 71.4 Å². The molecule has 2 aromatic carbocycles. The Balaban J connectivity index is 0.000000248. The molecule has 0 spiro atoms. The molecule has 45 heavy (non-hydrogen) atoms. The summed E-state index contributed by atoms with van der Waals surface area (Å²) in [6, 6.07) is 10.7. The molecule has 13 heteroatoms. The Kier molecular flexibility index (Phi) is 12.9. The second-order valence-corrected chi connectivity index (χ2v) is 11.8. The number of carbonyl (C=O) groups excluding carboxylic acids is 1. The van der Waals surface area contributed by atoms with Gasteiger partial charge in [-0.25, -0.2) is 0 Å². The van der Waals surface area contributed by atoms with Crippen LogP contribution in [0.25, 0.3) is 0 Å². The summed E-state index contributed by atoms with van der Waals surface area (Å²) in [4.78, 5) is 36.1. The highest BCUT2D eigenvalue weighted by molar-refractivity contribution is 6.17. The van der Waals surface area contributed by atoms with Gasteiger partial charge in [0.05, 0.1) is 29.1 Å². The SMILES string of the molecule is CC(=O)OCCCN1CCc2cc(CC(C)[N+](=O)[O-])cc(C#N)c21.CC(Cc1cc(C#N)c2c(c1)CCN2CCCCl)[N+](=O)[O-]. The first-order valence-corrected chi connectivity index (χ1v) is 15.6. The molecule has 12 nitrogen and oxygen atoms in total. The number of halogens is 1. The van der Waals surface area contributed by atoms with Gasteiger partial charge in [-0.05, 0) is 60.1 Å². The van der Waals surface area contributed by atoms with Crippen LogP contribution in [0.2, 0.25) is 0 Å². The third-order valence-corrected chi connectivity index (χ3v) is 8.16. The number of carbonyl (C=O) groups is 1. The van der Waals surface area contributed by atoms with Crippen LogP contribution in [0.3, 0.4) is 0 Å². The molecular formula is C32H39ClN6O6. The van der Waals surface area contributed by atoms with E-state index >= 15 is 0 Å². The Bertz CT molecular complexity index is 1490. The predicted octanol–water partition coefficient (Wildman–Crippen LogP) is 4.84. The monoisotopic (exact) mass is 638 g/mol. The molecule has 0 fully saturated rings. The van der Waals surface area contributed by atoms with Crippen molar-refractivity contribution in [1.29, 1.82) is 10.5 Å². The van der Waals surface area contributed by atoms with Gasteiger partial charge in [0.25, 0.3) is 0 Å². The van der Waals surface area contributed by atoms with Gasteiger partial charge in [-0.1, -0.05) is 12.1 Å². The topological polar surface area (TPSA) is 167 Å². The number of nitriles is 2. The minimum absolute atomic E-state index is 0.286. The summed E-state index contributed by atoms with van der Waals surface area (Å²) in [6.07, 6.45) is 3.96. The molecule has 0 aliphatic carbocycles. The largest absolute Gasteiger partial charge is 0.466 e. The smallest absolute Gasteiger partial charge is 0.302 e. The van der Waals surface area contributed by atoms with Gasteiger partial charge in [0.15, 0.2) is 0 Å². The zero-order chi connectivity index (χ0) is 33.1. The second-order valence-electron chi connectivity index (χ2n) is 11.4. The number of benzene rings is 2. The van der Waals surface area contributed by atoms with Gasteiger partial charge >= 0.3 is 5.97 Å². The van der Waals surface area contributed by atoms with Crippen LogP contribution >= 0.6 is 11.6 Å². The molecule has 2 aromatic rings. The molecule has 0 saturated carbocycles. The van der Waals surface area contributed by atoms with E-state index in [0.717, 1.165) is 72.5 Å². The fraction of sp³-hybridized carbons (Fsp3) is 0.531. The van der Waals surface area contributed by atoms with Gasteiger partial charge < -0.3 is 14.5 Å². The van der Waals surface area contributed by atoms with Crippen molar-refractivity contribution in [1.82, 2.24) is 0 Å². The first-order chi connectivity index (χ1) is 21.5. The number of alkyl halides is 1. The summed E-state index contributed by atoms with van der Waals surface area (Å²) in [5.74, 6) is 0.311. The maximum atomic E-state index is 10.8. The lowest BCUT2D eigenvalue weighted by Crippen LogP contribution is -2.24. The molecule has 240 valence electrons. The second kappa shape index (κ2) is 16.6. The normalized spacial score (nSPS) is 14.3. The lowest BCUT2D eigenvalue weighted by molar-refractivity contribution is -0.517. The molecule has 0 amide bonds. The number of nitro groups is 2. The standard InChI is InChI=1S/C17H21N3O4.C15H18ClN3O2/c1-12(20(22)23)8-14-9-15-4-6-19(5-3-7-24-13(2)21)17(15)16(10-14)11-18;1-11(19(20)21)7-12-8-13-3-6-18(5-2-4-16)15(13)14(9-12)10-17/h9-10,12H,3-8H2,1-2H3;8-9,11H,2-7H2,1H3. The number of esters is 1. The van der Waals surface area contributed by atoms with Crippen molar-refractivity contribution in [3.05, 3.63) is 77.9 Å². The minimum Gasteiger partial charge on any atom is -0.466 e. The van der Waals surface area contributed by atoms with E-state index in [9.17, 15) is 35.5 Å². The molecular weight excluding hydrogens is 600 g/mol. The molecule has 2 unspecified atom stereocenters. The quantitative estimate of drug-likeness (QED) is 0.0973. The number of anilines is 2. The maximum absolute atomic E-state index is 10.8. The third kappa shape index (κ3) is 9.53. The van der Waals surface area contributed by atoms with Crippen LogP contribution in [0, 0.1) is 42.9 Å². The number of fused-ring (bicyclic) bond motifs is 2. The summed E-state index contributed by atoms with van der Waals surface area (Å²) in [6.45, 7) is 8.14. The van der Waals surface area contributed by atoms with Crippen LogP contribution in [0.15, 0.2) is 24.3 Å². The Labute approximate surface area is 268 Å². The molecule has 2 aliphatic heterocycles. The van der Waals surface area contributed by atoms with Gasteiger partial charge in [0.1, 0.15) is 12.1 Å². The Hall–Kier alpha value is -4.42. The molecule has 2 atom stereocenters. The fourth-order valence-corrected chi connectivity index (χ4v) is 5.91. The molecule has 0 N–H and O–H groups in total. The van der Waals surface area contributed by atoms with E-state index in [0.29, 0.717) is 49.4 Å². The molecule has 4 rings (SSSR count). The van der Waals surface area contributed by atoms with E-state index in [1.807, 2.05) is 12.1 Å². The van der Waals surface area contributed by atoms with Crippen molar-refractivity contribution in [3.63, 3.8) is 0 Å². The zero-order valence-corrected chi connectivity index (χ0v) is 26.7. The Morgan fingerprint density at radius 2 is 1.33 bits per heavy atom. The van der Waals surface area contributed by atoms with Crippen LogP contribution in [0.4, 0.5) is 11.4 Å². The average Bonchev–Trinajstić information content (AvgIpc) is 3.61. The lowest BCUT2D eigenvalue weighted by atomic mass is 9.99. The first-order valence-electron chi connectivity index (χ1n) is 15.1. The number of ether oxygens (including phenoxy) is 1. The minimum atomic E-state index is -0.671. The number of hydrogen-bond donors (Lipinski definition) is 0. The molecule has 0 saturated heterocycles. The van der Waals surface area contributed by atoms with E-state index in [4.69, 9.17) is 16.3 Å². The van der Waals surface area contributed by atoms with E-state index in [1.165, 1.54) is 6.92 Å². The summed E-state index contributed by atoms with van der Waals surface area (Å²) in [5, 5.41) is 40.4. The van der Waals surface area contributed by atoms with E-state index < -0.39 is 12.1 Å². The maximum Gasteiger partial charge on any atom is 0.302 e. The molecule has 0 aromatic heterocycles. The molecule has 0 bridgehead atoms. The van der Waals surface area contributed by atoms with Crippen LogP contribution in [-0.4, -0.2) is 66.6 Å². The highest BCUT2D eigenvalue weighted by atomic mass is 35.5. The Morgan fingerprint density at radius 3 is 1.71 bits per heavy atom. The van der Waals surface area contributed by atoms with Crippen LogP contribution in [0.5, 0.6) is 0 Å². The van der Waals surface area contributed by atoms with E-state index in [2.05, 4.69) is 21.9 Å². The van der Waals surface area contributed by atoms with Gasteiger partial charge in [-0.3, -0.25) is 25.0 Å². The predicted molar refractivity (Wildman–Crippen MR) is 171 cm³/mol. The van der Waals surface area contributed by atoms with Crippen LogP contribution in [0.1, 0.15) is 67.0 Å². The van der Waals surface area contributed by atoms with Gasteiger partial charge in [-0.2, -0.15) is 10.5 Å². The molecule has 2 aliphatic rings. The van der Waals surface area contributed by atoms with Crippen molar-refractivity contribution >= 4 is 28.9 Å². The van der Waals surface area contributed by atoms with Crippen LogP contribution in [-0.2, 0) is 35.2 Å². The fourth-order valence-electron chi connectivity index (χ4n) is 5.79. The molecule has 0 radical (unpaired) electrons. The van der Waals surface area contributed by atoms with Crippen molar-refractivity contribution < 1.29 is 19.4 Å². The third-order valence-electron chi connectivity index (χ3n) is 7.89.